The van der Waals surface area contributed by atoms with Crippen LogP contribution in [0.15, 0.2) is 46.5 Å². The molecule has 0 aliphatic carbocycles. The first-order chi connectivity index (χ1) is 16.8. The molecule has 14 nitrogen and oxygen atoms in total. The average Bonchev–Trinajstić information content (AvgIpc) is 3.08. The van der Waals surface area contributed by atoms with Crippen LogP contribution < -0.4 is 11.2 Å². The van der Waals surface area contributed by atoms with E-state index in [0.717, 1.165) is 21.1 Å². The Hall–Kier alpha value is -2.12. The molecular formula is C20H29N3O11P2. The Morgan fingerprint density at radius 3 is 2.31 bits per heavy atom. The molecule has 0 saturated carbocycles. The van der Waals surface area contributed by atoms with Crippen molar-refractivity contribution in [3.63, 3.8) is 0 Å². The monoisotopic (exact) mass is 549 g/mol. The quantitative estimate of drug-likeness (QED) is 0.193. The third-order valence-corrected chi connectivity index (χ3v) is 8.93. The van der Waals surface area contributed by atoms with Crippen molar-refractivity contribution in [3.05, 3.63) is 63.6 Å². The number of aliphatic hydroxyl groups is 2. The van der Waals surface area contributed by atoms with Crippen LogP contribution in [0.5, 0.6) is 0 Å². The zero-order chi connectivity index (χ0) is 26.7. The fraction of sp³-hybridized carbons (Fsp3) is 0.500. The third-order valence-electron chi connectivity index (χ3n) is 5.47. The first-order valence-electron chi connectivity index (χ1n) is 10.9. The van der Waals surface area contributed by atoms with Gasteiger partial charge in [-0.25, -0.2) is 4.79 Å². The summed E-state index contributed by atoms with van der Waals surface area (Å²) in [5, 5.41) is 24.6. The molecule has 1 saturated heterocycles. The minimum atomic E-state index is -4.84. The highest BCUT2D eigenvalue weighted by Gasteiger charge is 2.45. The second-order valence-corrected chi connectivity index (χ2v) is 12.2. The molecule has 1 fully saturated rings. The lowest BCUT2D eigenvalue weighted by Crippen LogP contribution is -2.42. The molecule has 3 rings (SSSR count). The van der Waals surface area contributed by atoms with E-state index in [1.165, 1.54) is 24.9 Å². The molecule has 0 radical (unpaired) electrons. The summed E-state index contributed by atoms with van der Waals surface area (Å²) >= 11 is 0. The summed E-state index contributed by atoms with van der Waals surface area (Å²) < 4.78 is 35.0. The maximum Gasteiger partial charge on any atom is 0.340 e. The molecular weight excluding hydrogens is 520 g/mol. The SMILES string of the molecule is CCc1ccc(CO/N=c2/ccn([C@@H]3O[C@H](COP(=O)(O)CP(=O)(O)O)[C@@H](O)[C@H]3O)c(=O)n2C)cc1. The number of ether oxygens (including phenoxy) is 1. The predicted molar refractivity (Wildman–Crippen MR) is 124 cm³/mol. The second kappa shape index (κ2) is 11.5. The van der Waals surface area contributed by atoms with Gasteiger partial charge in [0.05, 0.1) is 6.61 Å². The highest BCUT2D eigenvalue weighted by Crippen LogP contribution is 2.55. The first-order valence-corrected chi connectivity index (χ1v) is 14.4. The van der Waals surface area contributed by atoms with Crippen molar-refractivity contribution < 1.29 is 48.1 Å². The second-order valence-electron chi connectivity index (χ2n) is 8.24. The van der Waals surface area contributed by atoms with Gasteiger partial charge in [0.2, 0.25) is 0 Å². The third kappa shape index (κ3) is 7.22. The number of rotatable bonds is 10. The molecule has 0 spiro atoms. The van der Waals surface area contributed by atoms with E-state index in [2.05, 4.69) is 16.6 Å². The Morgan fingerprint density at radius 2 is 1.69 bits per heavy atom. The molecule has 1 aromatic carbocycles. The molecule has 1 unspecified atom stereocenters. The summed E-state index contributed by atoms with van der Waals surface area (Å²) in [6.07, 6.45) is -3.77. The molecule has 1 aliphatic rings. The van der Waals surface area contributed by atoms with Crippen LogP contribution >= 0.6 is 15.2 Å². The number of aryl methyl sites for hydroxylation is 1. The number of hydrogen-bond donors (Lipinski definition) is 5. The lowest BCUT2D eigenvalue weighted by atomic mass is 10.1. The van der Waals surface area contributed by atoms with Gasteiger partial charge in [0, 0.05) is 19.3 Å². The standard InChI is InChI=1S/C20H29N3O11P2/c1-3-13-4-6-14(7-5-13)10-32-21-16-8-9-23(20(26)22(16)2)19-18(25)17(24)15(34-19)11-33-36(30,31)12-35(27,28)29/h4-9,15,17-19,24-25H,3,10-12H2,1-2H3,(H,30,31)(H2,27,28,29)/b21-16-/t15-,17-,18-,19-/m1/s1. The molecule has 200 valence electrons. The summed E-state index contributed by atoms with van der Waals surface area (Å²) in [5.74, 6) is -1.42. The van der Waals surface area contributed by atoms with E-state index in [1.54, 1.807) is 0 Å². The fourth-order valence-electron chi connectivity index (χ4n) is 3.48. The summed E-state index contributed by atoms with van der Waals surface area (Å²) in [6, 6.07) is 9.22. The highest BCUT2D eigenvalue weighted by molar-refractivity contribution is 7.70. The van der Waals surface area contributed by atoms with Crippen molar-refractivity contribution in [3.8, 4) is 0 Å². The molecule has 1 aliphatic heterocycles. The predicted octanol–water partition coefficient (Wildman–Crippen LogP) is -0.262. The van der Waals surface area contributed by atoms with Crippen LogP contribution in [0.25, 0.3) is 0 Å². The minimum Gasteiger partial charge on any atom is -0.389 e. The minimum absolute atomic E-state index is 0.174. The summed E-state index contributed by atoms with van der Waals surface area (Å²) in [4.78, 5) is 45.5. The van der Waals surface area contributed by atoms with Gasteiger partial charge in [-0.2, -0.15) is 0 Å². The first kappa shape index (κ1) is 28.5. The Kier molecular flexibility index (Phi) is 9.10. The Morgan fingerprint density at radius 1 is 1.06 bits per heavy atom. The van der Waals surface area contributed by atoms with Crippen LogP contribution in [0.2, 0.25) is 0 Å². The normalized spacial score (nSPS) is 24.6. The van der Waals surface area contributed by atoms with Gasteiger partial charge < -0.3 is 39.0 Å². The maximum absolute atomic E-state index is 12.8. The lowest BCUT2D eigenvalue weighted by molar-refractivity contribution is -0.0530. The van der Waals surface area contributed by atoms with E-state index in [4.69, 9.17) is 19.4 Å². The maximum atomic E-state index is 12.8. The van der Waals surface area contributed by atoms with E-state index in [1.807, 2.05) is 24.3 Å². The van der Waals surface area contributed by atoms with Gasteiger partial charge in [-0.1, -0.05) is 36.3 Å². The lowest BCUT2D eigenvalue weighted by Gasteiger charge is -2.19. The Labute approximate surface area is 205 Å². The Bertz CT molecular complexity index is 1270. The van der Waals surface area contributed by atoms with Crippen LogP contribution in [0.1, 0.15) is 24.3 Å². The number of aromatic nitrogens is 2. The van der Waals surface area contributed by atoms with E-state index in [-0.39, 0.29) is 12.1 Å². The van der Waals surface area contributed by atoms with Crippen LogP contribution in [0, 0.1) is 0 Å². The van der Waals surface area contributed by atoms with Gasteiger partial charge in [0.25, 0.3) is 0 Å². The largest absolute Gasteiger partial charge is 0.389 e. The molecule has 2 heterocycles. The molecule has 5 atom stereocenters. The smallest absolute Gasteiger partial charge is 0.340 e. The molecule has 36 heavy (non-hydrogen) atoms. The number of nitrogens with zero attached hydrogens (tertiary/aromatic N) is 3. The van der Waals surface area contributed by atoms with Crippen molar-refractivity contribution in [2.24, 2.45) is 12.2 Å². The van der Waals surface area contributed by atoms with Gasteiger partial charge in [-0.3, -0.25) is 18.3 Å². The number of hydrogen-bond acceptors (Lipinski definition) is 9. The fourth-order valence-corrected chi connectivity index (χ4v) is 6.05. The van der Waals surface area contributed by atoms with Crippen LogP contribution in [0.3, 0.4) is 0 Å². The molecule has 2 aromatic rings. The Balaban J connectivity index is 1.69. The van der Waals surface area contributed by atoms with Crippen molar-refractivity contribution in [2.45, 2.75) is 44.5 Å². The highest BCUT2D eigenvalue weighted by atomic mass is 31.2. The van der Waals surface area contributed by atoms with Crippen molar-refractivity contribution in [1.29, 1.82) is 0 Å². The number of aliphatic hydroxyl groups excluding tert-OH is 2. The van der Waals surface area contributed by atoms with Gasteiger partial charge in [-0.05, 0) is 17.5 Å². The zero-order valence-electron chi connectivity index (χ0n) is 19.5. The van der Waals surface area contributed by atoms with Crippen molar-refractivity contribution >= 4 is 15.2 Å². The molecule has 5 N–H and O–H groups in total. The van der Waals surface area contributed by atoms with Crippen molar-refractivity contribution in [1.82, 2.24) is 9.13 Å². The van der Waals surface area contributed by atoms with Crippen LogP contribution in [-0.4, -0.2) is 64.8 Å². The van der Waals surface area contributed by atoms with E-state index >= 15 is 0 Å². The van der Waals surface area contributed by atoms with E-state index < -0.39 is 57.9 Å². The summed E-state index contributed by atoms with van der Waals surface area (Å²) in [7, 11) is -8.12. The molecule has 0 amide bonds. The molecule has 1 aromatic heterocycles. The van der Waals surface area contributed by atoms with E-state index in [9.17, 15) is 29.0 Å². The van der Waals surface area contributed by atoms with Gasteiger partial charge >= 0.3 is 20.9 Å². The average molecular weight is 549 g/mol. The zero-order valence-corrected chi connectivity index (χ0v) is 21.3. The molecule has 16 heteroatoms. The van der Waals surface area contributed by atoms with Gasteiger partial charge in [-0.15, -0.1) is 0 Å². The summed E-state index contributed by atoms with van der Waals surface area (Å²) in [6.45, 7) is 1.47. The van der Waals surface area contributed by atoms with Gasteiger partial charge in [0.1, 0.15) is 24.9 Å². The summed E-state index contributed by atoms with van der Waals surface area (Å²) in [5.41, 5.74) is 1.59. The van der Waals surface area contributed by atoms with Gasteiger partial charge in [0.15, 0.2) is 17.6 Å². The number of benzene rings is 1. The topological polar surface area (TPSA) is 202 Å². The van der Waals surface area contributed by atoms with Crippen molar-refractivity contribution in [2.75, 3.05) is 12.5 Å². The molecule has 0 bridgehead atoms. The van der Waals surface area contributed by atoms with Crippen LogP contribution in [0.4, 0.5) is 0 Å². The van der Waals surface area contributed by atoms with E-state index in [0.29, 0.717) is 0 Å². The van der Waals surface area contributed by atoms with Crippen LogP contribution in [-0.2, 0) is 43.3 Å².